The van der Waals surface area contributed by atoms with Crippen molar-refractivity contribution in [3.05, 3.63) is 59.7 Å². The first kappa shape index (κ1) is 24.3. The van der Waals surface area contributed by atoms with E-state index in [1.807, 2.05) is 37.3 Å². The van der Waals surface area contributed by atoms with Crippen LogP contribution in [0, 0.1) is 0 Å². The first-order chi connectivity index (χ1) is 13.4. The van der Waals surface area contributed by atoms with Gasteiger partial charge < -0.3 is 25.8 Å². The van der Waals surface area contributed by atoms with Crippen LogP contribution in [0.3, 0.4) is 0 Å². The molecule has 0 fully saturated rings. The lowest BCUT2D eigenvalue weighted by molar-refractivity contribution is -0.126. The molecule has 158 valence electrons. The lowest BCUT2D eigenvalue weighted by Gasteiger charge is -2.24. The first-order valence-corrected chi connectivity index (χ1v) is 9.07. The van der Waals surface area contributed by atoms with Gasteiger partial charge in [-0.2, -0.15) is 0 Å². The Labute approximate surface area is 177 Å². The molecular weight excluding hydrogens is 394 g/mol. The number of hydrogen-bond acceptors (Lipinski definition) is 5. The van der Waals surface area contributed by atoms with E-state index in [1.54, 1.807) is 25.1 Å². The summed E-state index contributed by atoms with van der Waals surface area (Å²) in [5.41, 5.74) is 6.64. The maximum atomic E-state index is 12.6. The van der Waals surface area contributed by atoms with Crippen molar-refractivity contribution in [2.24, 2.45) is 5.73 Å². The number of likely N-dealkylation sites (N-methyl/N-ethyl adjacent to an activating group) is 1. The molecule has 0 heterocycles. The number of carbonyl (C=O) groups is 2. The minimum atomic E-state index is -1.14. The molecule has 0 aliphatic carbocycles. The van der Waals surface area contributed by atoms with Crippen molar-refractivity contribution in [3.63, 3.8) is 0 Å². The van der Waals surface area contributed by atoms with E-state index in [9.17, 15) is 9.59 Å². The summed E-state index contributed by atoms with van der Waals surface area (Å²) in [5.74, 6) is 0.449. The molecular formula is C21H28ClN3O4. The summed E-state index contributed by atoms with van der Waals surface area (Å²) in [6.45, 7) is 4.25. The summed E-state index contributed by atoms with van der Waals surface area (Å²) in [4.78, 5) is 24.1. The molecule has 0 aliphatic rings. The number of nitrogens with two attached hydrogens (primary N) is 1. The fourth-order valence-corrected chi connectivity index (χ4v) is 2.61. The van der Waals surface area contributed by atoms with Crippen LogP contribution in [0.2, 0.25) is 0 Å². The molecule has 2 rings (SSSR count). The standard InChI is InChI=1S/C21H27N3O4.ClH/c1-4-23-19(25)14-28-17-11-10-15(12-18(17)27-3)13-24-20(26)21(2,22)16-8-6-5-7-9-16;/h5-12H,4,13-14,22H2,1-3H3,(H,23,25)(H,24,26);1H. The molecule has 0 aromatic heterocycles. The Balaban J connectivity index is 0.00000420. The second-order valence-electron chi connectivity index (χ2n) is 6.48. The molecule has 0 saturated heterocycles. The van der Waals surface area contributed by atoms with E-state index in [-0.39, 0.29) is 37.4 Å². The van der Waals surface area contributed by atoms with Gasteiger partial charge in [-0.1, -0.05) is 36.4 Å². The second-order valence-corrected chi connectivity index (χ2v) is 6.48. The van der Waals surface area contributed by atoms with Crippen LogP contribution in [0.4, 0.5) is 0 Å². The highest BCUT2D eigenvalue weighted by Crippen LogP contribution is 2.28. The smallest absolute Gasteiger partial charge is 0.257 e. The number of ether oxygens (including phenoxy) is 2. The Morgan fingerprint density at radius 3 is 2.38 bits per heavy atom. The highest BCUT2D eigenvalue weighted by molar-refractivity contribution is 5.87. The van der Waals surface area contributed by atoms with Crippen LogP contribution in [0.15, 0.2) is 48.5 Å². The van der Waals surface area contributed by atoms with Gasteiger partial charge in [0.1, 0.15) is 5.54 Å². The van der Waals surface area contributed by atoms with Crippen LogP contribution in [-0.2, 0) is 21.7 Å². The summed E-state index contributed by atoms with van der Waals surface area (Å²) >= 11 is 0. The van der Waals surface area contributed by atoms with E-state index in [0.29, 0.717) is 18.0 Å². The van der Waals surface area contributed by atoms with Crippen molar-refractivity contribution in [2.45, 2.75) is 25.9 Å². The zero-order valence-electron chi connectivity index (χ0n) is 16.9. The van der Waals surface area contributed by atoms with E-state index < -0.39 is 5.54 Å². The molecule has 7 nitrogen and oxygen atoms in total. The quantitative estimate of drug-likeness (QED) is 0.575. The predicted molar refractivity (Wildman–Crippen MR) is 114 cm³/mol. The SMILES string of the molecule is CCNC(=O)COc1ccc(CNC(=O)C(C)(N)c2ccccc2)cc1OC.Cl. The first-order valence-electron chi connectivity index (χ1n) is 9.07. The van der Waals surface area contributed by atoms with Gasteiger partial charge in [0.2, 0.25) is 5.91 Å². The molecule has 2 aromatic carbocycles. The summed E-state index contributed by atoms with van der Waals surface area (Å²) in [5, 5.41) is 5.51. The van der Waals surface area contributed by atoms with Gasteiger partial charge in [0.05, 0.1) is 7.11 Å². The van der Waals surface area contributed by atoms with Gasteiger partial charge in [-0.25, -0.2) is 0 Å². The average molecular weight is 422 g/mol. The van der Waals surface area contributed by atoms with Crippen LogP contribution >= 0.6 is 12.4 Å². The third-order valence-corrected chi connectivity index (χ3v) is 4.26. The van der Waals surface area contributed by atoms with Crippen LogP contribution in [0.1, 0.15) is 25.0 Å². The number of carbonyl (C=O) groups excluding carboxylic acids is 2. The zero-order valence-corrected chi connectivity index (χ0v) is 17.7. The van der Waals surface area contributed by atoms with Crippen molar-refractivity contribution in [2.75, 3.05) is 20.3 Å². The highest BCUT2D eigenvalue weighted by Gasteiger charge is 2.30. The number of nitrogens with one attached hydrogen (secondary N) is 2. The summed E-state index contributed by atoms with van der Waals surface area (Å²) < 4.78 is 10.8. The van der Waals surface area contributed by atoms with Gasteiger partial charge in [-0.05, 0) is 37.1 Å². The van der Waals surface area contributed by atoms with Gasteiger partial charge in [0.25, 0.3) is 5.91 Å². The molecule has 2 amide bonds. The molecule has 8 heteroatoms. The van der Waals surface area contributed by atoms with Crippen LogP contribution in [0.5, 0.6) is 11.5 Å². The Hall–Kier alpha value is -2.77. The number of benzene rings is 2. The molecule has 0 aliphatic heterocycles. The lowest BCUT2D eigenvalue weighted by Crippen LogP contribution is -2.48. The van der Waals surface area contributed by atoms with Crippen LogP contribution in [-0.4, -0.2) is 32.1 Å². The minimum absolute atomic E-state index is 0. The Morgan fingerprint density at radius 2 is 1.76 bits per heavy atom. The van der Waals surface area contributed by atoms with E-state index in [4.69, 9.17) is 15.2 Å². The normalized spacial score (nSPS) is 12.1. The van der Waals surface area contributed by atoms with Crippen molar-refractivity contribution >= 4 is 24.2 Å². The summed E-state index contributed by atoms with van der Waals surface area (Å²) in [7, 11) is 1.52. The number of hydrogen-bond donors (Lipinski definition) is 3. The largest absolute Gasteiger partial charge is 0.493 e. The second kappa shape index (κ2) is 11.3. The molecule has 1 atom stereocenters. The van der Waals surface area contributed by atoms with Crippen LogP contribution in [0.25, 0.3) is 0 Å². The molecule has 2 aromatic rings. The number of methoxy groups -OCH3 is 1. The number of amides is 2. The Morgan fingerprint density at radius 1 is 1.07 bits per heavy atom. The zero-order chi connectivity index (χ0) is 20.6. The van der Waals surface area contributed by atoms with Crippen molar-refractivity contribution in [1.82, 2.24) is 10.6 Å². The molecule has 29 heavy (non-hydrogen) atoms. The maximum absolute atomic E-state index is 12.6. The summed E-state index contributed by atoms with van der Waals surface area (Å²) in [6, 6.07) is 14.5. The van der Waals surface area contributed by atoms with E-state index >= 15 is 0 Å². The van der Waals surface area contributed by atoms with Gasteiger partial charge in [-0.3, -0.25) is 9.59 Å². The average Bonchev–Trinajstić information content (AvgIpc) is 2.71. The fourth-order valence-electron chi connectivity index (χ4n) is 2.61. The minimum Gasteiger partial charge on any atom is -0.493 e. The monoisotopic (exact) mass is 421 g/mol. The van der Waals surface area contributed by atoms with Gasteiger partial charge in [0.15, 0.2) is 18.1 Å². The molecule has 0 spiro atoms. The van der Waals surface area contributed by atoms with Gasteiger partial charge >= 0.3 is 0 Å². The predicted octanol–water partition coefficient (Wildman–Crippen LogP) is 2.12. The lowest BCUT2D eigenvalue weighted by atomic mass is 9.92. The van der Waals surface area contributed by atoms with Gasteiger partial charge in [-0.15, -0.1) is 12.4 Å². The van der Waals surface area contributed by atoms with E-state index in [0.717, 1.165) is 11.1 Å². The molecule has 0 radical (unpaired) electrons. The molecule has 4 N–H and O–H groups in total. The fraction of sp³-hybridized carbons (Fsp3) is 0.333. The highest BCUT2D eigenvalue weighted by atomic mass is 35.5. The van der Waals surface area contributed by atoms with Crippen molar-refractivity contribution < 1.29 is 19.1 Å². The van der Waals surface area contributed by atoms with Crippen molar-refractivity contribution in [1.29, 1.82) is 0 Å². The van der Waals surface area contributed by atoms with E-state index in [1.165, 1.54) is 7.11 Å². The number of rotatable bonds is 9. The Kier molecular flexibility index (Phi) is 9.44. The van der Waals surface area contributed by atoms with E-state index in [2.05, 4.69) is 10.6 Å². The van der Waals surface area contributed by atoms with Crippen LogP contribution < -0.4 is 25.8 Å². The Bertz CT molecular complexity index is 813. The number of halogens is 1. The molecule has 1 unspecified atom stereocenters. The third kappa shape index (κ3) is 6.66. The van der Waals surface area contributed by atoms with Gasteiger partial charge in [0, 0.05) is 13.1 Å². The molecule has 0 bridgehead atoms. The third-order valence-electron chi connectivity index (χ3n) is 4.26. The topological polar surface area (TPSA) is 103 Å². The molecule has 0 saturated carbocycles. The summed E-state index contributed by atoms with van der Waals surface area (Å²) in [6.07, 6.45) is 0. The van der Waals surface area contributed by atoms with Crippen molar-refractivity contribution in [3.8, 4) is 11.5 Å². The maximum Gasteiger partial charge on any atom is 0.257 e.